The molecule has 0 N–H and O–H groups in total. The van der Waals surface area contributed by atoms with Crippen LogP contribution in [0.5, 0.6) is 0 Å². The lowest BCUT2D eigenvalue weighted by molar-refractivity contribution is 0.968. The molecule has 4 nitrogen and oxygen atoms in total. The Morgan fingerprint density at radius 1 is 1.19 bits per heavy atom. The fourth-order valence-electron chi connectivity index (χ4n) is 1.39. The van der Waals surface area contributed by atoms with Crippen molar-refractivity contribution in [1.82, 2.24) is 14.3 Å². The van der Waals surface area contributed by atoms with Crippen molar-refractivity contribution in [3.63, 3.8) is 0 Å². The molecule has 0 atom stereocenters. The Bertz CT molecular complexity index is 491. The van der Waals surface area contributed by atoms with Crippen LogP contribution in [0.1, 0.15) is 11.3 Å². The number of aromatic nitrogens is 3. The van der Waals surface area contributed by atoms with Crippen LogP contribution >= 0.6 is 11.5 Å². The second-order valence-electron chi connectivity index (χ2n) is 3.85. The summed E-state index contributed by atoms with van der Waals surface area (Å²) in [4.78, 5) is 12.0. The van der Waals surface area contributed by atoms with Crippen LogP contribution in [0.2, 0.25) is 0 Å². The molecular formula is C11H14N4S. The van der Waals surface area contributed by atoms with Gasteiger partial charge in [-0.3, -0.25) is 0 Å². The Morgan fingerprint density at radius 3 is 2.50 bits per heavy atom. The van der Waals surface area contributed by atoms with E-state index in [1.54, 1.807) is 6.20 Å². The summed E-state index contributed by atoms with van der Waals surface area (Å²) in [6.45, 7) is 4.05. The van der Waals surface area contributed by atoms with E-state index in [-0.39, 0.29) is 0 Å². The van der Waals surface area contributed by atoms with E-state index in [1.165, 1.54) is 11.5 Å². The van der Waals surface area contributed by atoms with Gasteiger partial charge in [0.05, 0.1) is 10.6 Å². The summed E-state index contributed by atoms with van der Waals surface area (Å²) in [7, 11) is 3.89. The molecule has 0 saturated carbocycles. The van der Waals surface area contributed by atoms with Crippen LogP contribution in [0.3, 0.4) is 0 Å². The first kappa shape index (κ1) is 11.0. The maximum atomic E-state index is 4.56. The van der Waals surface area contributed by atoms with Gasteiger partial charge in [0.1, 0.15) is 0 Å². The largest absolute Gasteiger partial charge is 0.347 e. The molecule has 0 aliphatic heterocycles. The number of nitrogens with zero attached hydrogens (tertiary/aromatic N) is 4. The van der Waals surface area contributed by atoms with E-state index in [1.807, 2.05) is 38.9 Å². The lowest BCUT2D eigenvalue weighted by Crippen LogP contribution is -2.14. The quantitative estimate of drug-likeness (QED) is 0.799. The van der Waals surface area contributed by atoms with Gasteiger partial charge in [-0.25, -0.2) is 14.3 Å². The van der Waals surface area contributed by atoms with Crippen LogP contribution in [-0.2, 0) is 0 Å². The Morgan fingerprint density at radius 2 is 1.94 bits per heavy atom. The molecule has 84 valence electrons. The third-order valence-corrected chi connectivity index (χ3v) is 3.20. The summed E-state index contributed by atoms with van der Waals surface area (Å²) in [6, 6.07) is 1.98. The number of anilines is 1. The summed E-state index contributed by atoms with van der Waals surface area (Å²) in [6.07, 6.45) is 1.80. The standard InChI is InChI=1S/C11H14N4S/c1-7-8(2)13-11(15(3)4)14-10(7)9-5-6-12-16-9/h5-6H,1-4H3. The van der Waals surface area contributed by atoms with Crippen LogP contribution < -0.4 is 4.90 Å². The van der Waals surface area contributed by atoms with Crippen LogP contribution in [0.25, 0.3) is 10.6 Å². The van der Waals surface area contributed by atoms with Crippen LogP contribution in [-0.4, -0.2) is 28.4 Å². The number of hydrogen-bond acceptors (Lipinski definition) is 5. The molecule has 16 heavy (non-hydrogen) atoms. The van der Waals surface area contributed by atoms with Crippen molar-refractivity contribution in [2.45, 2.75) is 13.8 Å². The Balaban J connectivity index is 2.60. The summed E-state index contributed by atoms with van der Waals surface area (Å²) in [5.41, 5.74) is 3.12. The van der Waals surface area contributed by atoms with Crippen molar-refractivity contribution in [2.24, 2.45) is 0 Å². The molecule has 5 heteroatoms. The van der Waals surface area contributed by atoms with E-state index in [2.05, 4.69) is 14.3 Å². The number of rotatable bonds is 2. The minimum atomic E-state index is 0.742. The lowest BCUT2D eigenvalue weighted by atomic mass is 10.1. The third kappa shape index (κ3) is 1.90. The molecule has 0 aromatic carbocycles. The summed E-state index contributed by atoms with van der Waals surface area (Å²) in [5, 5.41) is 0. The van der Waals surface area contributed by atoms with E-state index in [4.69, 9.17) is 0 Å². The van der Waals surface area contributed by atoms with Gasteiger partial charge in [0.15, 0.2) is 0 Å². The van der Waals surface area contributed by atoms with Crippen molar-refractivity contribution in [3.8, 4) is 10.6 Å². The SMILES string of the molecule is Cc1nc(N(C)C)nc(-c2ccns2)c1C. The molecule has 0 unspecified atom stereocenters. The first-order chi connectivity index (χ1) is 7.59. The highest BCUT2D eigenvalue weighted by Crippen LogP contribution is 2.26. The van der Waals surface area contributed by atoms with E-state index in [0.29, 0.717) is 0 Å². The third-order valence-electron chi connectivity index (χ3n) is 2.45. The molecule has 0 radical (unpaired) electrons. The minimum absolute atomic E-state index is 0.742. The topological polar surface area (TPSA) is 41.9 Å². The van der Waals surface area contributed by atoms with Gasteiger partial charge >= 0.3 is 0 Å². The molecule has 2 heterocycles. The van der Waals surface area contributed by atoms with Crippen LogP contribution in [0.15, 0.2) is 12.3 Å². The van der Waals surface area contributed by atoms with Gasteiger partial charge < -0.3 is 4.90 Å². The Hall–Kier alpha value is -1.49. The van der Waals surface area contributed by atoms with Gasteiger partial charge in [0.25, 0.3) is 0 Å². The van der Waals surface area contributed by atoms with Crippen molar-refractivity contribution >= 4 is 17.5 Å². The maximum Gasteiger partial charge on any atom is 0.225 e. The minimum Gasteiger partial charge on any atom is -0.347 e. The second-order valence-corrected chi connectivity index (χ2v) is 4.69. The van der Waals surface area contributed by atoms with Gasteiger partial charge in [-0.15, -0.1) is 0 Å². The predicted octanol–water partition coefficient (Wildman–Crippen LogP) is 2.28. The maximum absolute atomic E-state index is 4.56. The average Bonchev–Trinajstić information content (AvgIpc) is 2.74. The lowest BCUT2D eigenvalue weighted by Gasteiger charge is -2.14. The molecule has 0 aliphatic rings. The first-order valence-electron chi connectivity index (χ1n) is 5.03. The molecule has 0 fully saturated rings. The second kappa shape index (κ2) is 4.17. The fraction of sp³-hybridized carbons (Fsp3) is 0.364. The Labute approximate surface area is 99.1 Å². The Kier molecular flexibility index (Phi) is 2.87. The highest BCUT2D eigenvalue weighted by atomic mass is 32.1. The van der Waals surface area contributed by atoms with Crippen molar-refractivity contribution in [2.75, 3.05) is 19.0 Å². The van der Waals surface area contributed by atoms with Crippen LogP contribution in [0, 0.1) is 13.8 Å². The molecule has 2 aromatic rings. The molecule has 0 aliphatic carbocycles. The zero-order valence-electron chi connectivity index (χ0n) is 9.85. The monoisotopic (exact) mass is 234 g/mol. The van der Waals surface area contributed by atoms with E-state index in [9.17, 15) is 0 Å². The van der Waals surface area contributed by atoms with Gasteiger partial charge in [-0.2, -0.15) is 0 Å². The summed E-state index contributed by atoms with van der Waals surface area (Å²) >= 11 is 1.46. The highest BCUT2D eigenvalue weighted by Gasteiger charge is 2.12. The average molecular weight is 234 g/mol. The van der Waals surface area contributed by atoms with Gasteiger partial charge in [0, 0.05) is 26.0 Å². The van der Waals surface area contributed by atoms with Crippen molar-refractivity contribution in [1.29, 1.82) is 0 Å². The van der Waals surface area contributed by atoms with E-state index in [0.717, 1.165) is 27.8 Å². The molecular weight excluding hydrogens is 220 g/mol. The van der Waals surface area contributed by atoms with Crippen LogP contribution in [0.4, 0.5) is 5.95 Å². The molecule has 0 saturated heterocycles. The van der Waals surface area contributed by atoms with Crippen molar-refractivity contribution in [3.05, 3.63) is 23.5 Å². The highest BCUT2D eigenvalue weighted by molar-refractivity contribution is 7.09. The molecule has 0 bridgehead atoms. The smallest absolute Gasteiger partial charge is 0.225 e. The predicted molar refractivity (Wildman–Crippen MR) is 66.9 cm³/mol. The van der Waals surface area contributed by atoms with E-state index >= 15 is 0 Å². The molecule has 0 amide bonds. The van der Waals surface area contributed by atoms with Gasteiger partial charge in [-0.05, 0) is 37.0 Å². The van der Waals surface area contributed by atoms with Crippen molar-refractivity contribution < 1.29 is 0 Å². The number of hydrogen-bond donors (Lipinski definition) is 0. The molecule has 0 spiro atoms. The summed E-state index contributed by atoms with van der Waals surface area (Å²) in [5.74, 6) is 0.742. The zero-order valence-corrected chi connectivity index (χ0v) is 10.7. The summed E-state index contributed by atoms with van der Waals surface area (Å²) < 4.78 is 4.11. The first-order valence-corrected chi connectivity index (χ1v) is 5.80. The molecule has 2 aromatic heterocycles. The van der Waals surface area contributed by atoms with Gasteiger partial charge in [0.2, 0.25) is 5.95 Å². The normalized spacial score (nSPS) is 10.5. The molecule has 2 rings (SSSR count). The van der Waals surface area contributed by atoms with E-state index < -0.39 is 0 Å². The fourth-order valence-corrected chi connectivity index (χ4v) is 2.03. The van der Waals surface area contributed by atoms with Gasteiger partial charge in [-0.1, -0.05) is 0 Å². The zero-order chi connectivity index (χ0) is 11.7. The number of aryl methyl sites for hydroxylation is 1.